The van der Waals surface area contributed by atoms with Crippen molar-refractivity contribution in [3.63, 3.8) is 0 Å². The molecule has 7 nitrogen and oxygen atoms in total. The van der Waals surface area contributed by atoms with Gasteiger partial charge >= 0.3 is 6.09 Å². The van der Waals surface area contributed by atoms with Crippen molar-refractivity contribution in [2.24, 2.45) is 5.92 Å². The highest BCUT2D eigenvalue weighted by molar-refractivity contribution is 6.74. The van der Waals surface area contributed by atoms with Crippen molar-refractivity contribution in [2.75, 3.05) is 6.61 Å². The number of ether oxygens (including phenoxy) is 3. The molecule has 1 unspecified atom stereocenters. The maximum atomic E-state index is 13.2. The third-order valence-corrected chi connectivity index (χ3v) is 10.9. The Morgan fingerprint density at radius 3 is 2.25 bits per heavy atom. The molecule has 2 rings (SSSR count). The summed E-state index contributed by atoms with van der Waals surface area (Å²) in [5.74, 6) is -1.20. The van der Waals surface area contributed by atoms with E-state index in [4.69, 9.17) is 18.6 Å². The minimum absolute atomic E-state index is 0.0598. The fourth-order valence-corrected chi connectivity index (χ4v) is 5.22. The largest absolute Gasteiger partial charge is 0.443 e. The van der Waals surface area contributed by atoms with E-state index >= 15 is 0 Å². The number of likely N-dealkylation sites (tertiary alicyclic amines) is 1. The fraction of sp³-hybridized carbons (Fsp3) is 0.833. The van der Waals surface area contributed by atoms with Crippen LogP contribution in [-0.4, -0.2) is 61.5 Å². The second-order valence-corrected chi connectivity index (χ2v) is 16.6. The molecule has 0 aromatic rings. The van der Waals surface area contributed by atoms with Crippen LogP contribution in [0.1, 0.15) is 68.7 Å². The first-order valence-corrected chi connectivity index (χ1v) is 14.5. The van der Waals surface area contributed by atoms with Crippen molar-refractivity contribution in [2.45, 2.75) is 117 Å². The molecule has 0 N–H and O–H groups in total. The summed E-state index contributed by atoms with van der Waals surface area (Å²) < 4.78 is 24.6. The number of rotatable bonds is 5. The van der Waals surface area contributed by atoms with E-state index < -0.39 is 44.0 Å². The molecule has 0 spiro atoms. The van der Waals surface area contributed by atoms with Crippen molar-refractivity contribution < 1.29 is 28.2 Å². The van der Waals surface area contributed by atoms with Gasteiger partial charge in [-0.15, -0.1) is 0 Å². The Hall–Kier alpha value is -1.22. The van der Waals surface area contributed by atoms with Crippen LogP contribution in [0.3, 0.4) is 0 Å². The quantitative estimate of drug-likeness (QED) is 0.404. The Kier molecular flexibility index (Phi) is 7.77. The molecule has 0 aliphatic carbocycles. The zero-order valence-electron chi connectivity index (χ0n) is 21.8. The first kappa shape index (κ1) is 27.0. The molecule has 0 aromatic carbocycles. The molecular weight excluding hydrogens is 426 g/mol. The van der Waals surface area contributed by atoms with Gasteiger partial charge in [0, 0.05) is 12.3 Å². The van der Waals surface area contributed by atoms with Gasteiger partial charge in [-0.05, 0) is 59.7 Å². The van der Waals surface area contributed by atoms with Crippen LogP contribution in [0.4, 0.5) is 4.79 Å². The molecule has 2 aliphatic rings. The van der Waals surface area contributed by atoms with E-state index in [1.807, 2.05) is 32.9 Å². The van der Waals surface area contributed by atoms with Crippen LogP contribution in [0.25, 0.3) is 0 Å². The molecule has 2 heterocycles. The van der Waals surface area contributed by atoms with Gasteiger partial charge in [-0.3, -0.25) is 4.79 Å². The Morgan fingerprint density at radius 2 is 1.81 bits per heavy atom. The minimum atomic E-state index is -2.28. The lowest BCUT2D eigenvalue weighted by atomic mass is 9.92. The van der Waals surface area contributed by atoms with Gasteiger partial charge in [-0.2, -0.15) is 0 Å². The van der Waals surface area contributed by atoms with Crippen molar-refractivity contribution in [1.82, 2.24) is 4.90 Å². The lowest BCUT2D eigenvalue weighted by Crippen LogP contribution is -2.58. The molecule has 0 radical (unpaired) electrons. The number of nitrogens with zero attached hydrogens (tertiary/aromatic N) is 1. The van der Waals surface area contributed by atoms with E-state index in [2.05, 4.69) is 33.9 Å². The number of allylic oxidation sites excluding steroid dienone is 1. The van der Waals surface area contributed by atoms with Gasteiger partial charge in [0.15, 0.2) is 14.1 Å². The Balaban J connectivity index is 2.54. The third kappa shape index (κ3) is 6.21. The molecule has 0 aromatic heterocycles. The summed E-state index contributed by atoms with van der Waals surface area (Å²) in [4.78, 5) is 27.5. The highest BCUT2D eigenvalue weighted by Gasteiger charge is 2.55. The topological polar surface area (TPSA) is 74.3 Å². The van der Waals surface area contributed by atoms with Crippen molar-refractivity contribution in [3.8, 4) is 0 Å². The zero-order valence-corrected chi connectivity index (χ0v) is 22.8. The van der Waals surface area contributed by atoms with Gasteiger partial charge in [-0.25, -0.2) is 9.69 Å². The second kappa shape index (κ2) is 9.20. The van der Waals surface area contributed by atoms with Crippen LogP contribution in [0.15, 0.2) is 12.2 Å². The molecule has 4 atom stereocenters. The maximum absolute atomic E-state index is 13.2. The second-order valence-electron chi connectivity index (χ2n) is 11.8. The summed E-state index contributed by atoms with van der Waals surface area (Å²) >= 11 is 0. The van der Waals surface area contributed by atoms with Gasteiger partial charge in [-0.1, -0.05) is 32.9 Å². The minimum Gasteiger partial charge on any atom is -0.443 e. The number of imide groups is 1. The van der Waals surface area contributed by atoms with Gasteiger partial charge in [0.1, 0.15) is 11.7 Å². The first-order chi connectivity index (χ1) is 14.4. The van der Waals surface area contributed by atoms with E-state index in [9.17, 15) is 9.59 Å². The average Bonchev–Trinajstić information content (AvgIpc) is 3.09. The number of carbonyl (C=O) groups is 2. The maximum Gasteiger partial charge on any atom is 0.417 e. The van der Waals surface area contributed by atoms with Crippen LogP contribution in [0.5, 0.6) is 0 Å². The Morgan fingerprint density at radius 1 is 1.22 bits per heavy atom. The highest BCUT2D eigenvalue weighted by Crippen LogP contribution is 2.42. The number of carbonyl (C=O) groups excluding carboxylic acids is 2. The summed E-state index contributed by atoms with van der Waals surface area (Å²) in [7, 11) is -2.28. The predicted molar refractivity (Wildman–Crippen MR) is 127 cm³/mol. The van der Waals surface area contributed by atoms with Crippen LogP contribution < -0.4 is 0 Å². The van der Waals surface area contributed by atoms with Gasteiger partial charge in [0.25, 0.3) is 0 Å². The standard InChI is InChI=1S/C24H43NO6Si/c1-12-13-16-14-18(26)25(21(27)30-22(2,3)4)19(16)20(17-15-28-24(8,9)29-17)31-32(10,11)23(5,6)7/h12-13,16-17,19-20H,14-15H2,1-11H3/b13-12-/t16-,17?,19-,20+/m1/s1. The van der Waals surface area contributed by atoms with E-state index in [-0.39, 0.29) is 23.3 Å². The van der Waals surface area contributed by atoms with Crippen molar-refractivity contribution >= 4 is 20.3 Å². The molecule has 8 heteroatoms. The van der Waals surface area contributed by atoms with Crippen molar-refractivity contribution in [3.05, 3.63) is 12.2 Å². The molecule has 32 heavy (non-hydrogen) atoms. The smallest absolute Gasteiger partial charge is 0.417 e. The van der Waals surface area contributed by atoms with E-state index in [1.54, 1.807) is 20.8 Å². The van der Waals surface area contributed by atoms with Crippen LogP contribution in [0, 0.1) is 5.92 Å². The van der Waals surface area contributed by atoms with Crippen LogP contribution >= 0.6 is 0 Å². The third-order valence-electron chi connectivity index (χ3n) is 6.42. The summed E-state index contributed by atoms with van der Waals surface area (Å²) in [6, 6.07) is -0.537. The molecule has 2 amide bonds. The fourth-order valence-electron chi connectivity index (χ4n) is 3.89. The SMILES string of the molecule is C/C=C\[C@@H]1CC(=O)N(C(=O)OC(C)(C)C)[C@H]1[C@@H](O[Si](C)(C)C(C)(C)C)C1COC(C)(C)O1. The summed E-state index contributed by atoms with van der Waals surface area (Å²) in [5.41, 5.74) is -0.717. The van der Waals surface area contributed by atoms with E-state index in [0.29, 0.717) is 6.61 Å². The Bertz CT molecular complexity index is 734. The predicted octanol–water partition coefficient (Wildman–Crippen LogP) is 5.26. The average molecular weight is 470 g/mol. The lowest BCUT2D eigenvalue weighted by Gasteiger charge is -2.44. The molecule has 2 fully saturated rings. The summed E-state index contributed by atoms with van der Waals surface area (Å²) in [6.45, 7) is 22.2. The molecule has 184 valence electrons. The van der Waals surface area contributed by atoms with Gasteiger partial charge in [0.2, 0.25) is 5.91 Å². The van der Waals surface area contributed by atoms with Gasteiger partial charge < -0.3 is 18.6 Å². The number of amides is 2. The monoisotopic (exact) mass is 469 g/mol. The normalized spacial score (nSPS) is 27.9. The highest BCUT2D eigenvalue weighted by atomic mass is 28.4. The molecule has 2 aliphatic heterocycles. The number of hydrogen-bond donors (Lipinski definition) is 0. The summed E-state index contributed by atoms with van der Waals surface area (Å²) in [5, 5.41) is -0.0598. The molecule has 0 bridgehead atoms. The molecule has 0 saturated carbocycles. The van der Waals surface area contributed by atoms with Crippen molar-refractivity contribution in [1.29, 1.82) is 0 Å². The zero-order chi connectivity index (χ0) is 24.7. The van der Waals surface area contributed by atoms with Gasteiger partial charge in [0.05, 0.1) is 18.8 Å². The summed E-state index contributed by atoms with van der Waals surface area (Å²) in [6.07, 6.45) is 2.55. The van der Waals surface area contributed by atoms with Crippen LogP contribution in [0.2, 0.25) is 18.1 Å². The number of hydrogen-bond acceptors (Lipinski definition) is 6. The first-order valence-electron chi connectivity index (χ1n) is 11.6. The molecular formula is C24H43NO6Si. The molecule has 2 saturated heterocycles. The Labute approximate surface area is 194 Å². The lowest BCUT2D eigenvalue weighted by molar-refractivity contribution is -0.155. The van der Waals surface area contributed by atoms with Crippen LogP contribution in [-0.2, 0) is 23.4 Å². The van der Waals surface area contributed by atoms with E-state index in [0.717, 1.165) is 0 Å². The van der Waals surface area contributed by atoms with E-state index in [1.165, 1.54) is 4.90 Å².